The minimum Gasteiger partial charge on any atom is -0.508 e. The molecule has 0 bridgehead atoms. The molecule has 13 heteroatoms. The van der Waals surface area contributed by atoms with E-state index in [9.17, 15) is 29.4 Å². The lowest BCUT2D eigenvalue weighted by atomic mass is 10.1. The Morgan fingerprint density at radius 1 is 0.824 bits per heavy atom. The third kappa shape index (κ3) is 9.70. The van der Waals surface area contributed by atoms with Crippen molar-refractivity contribution < 1.29 is 39.6 Å². The number of carbonyl (C=O) groups is 4. The van der Waals surface area contributed by atoms with Crippen LogP contribution in [0.3, 0.4) is 0 Å². The predicted octanol–water partition coefficient (Wildman–Crippen LogP) is -3.09. The van der Waals surface area contributed by atoms with Crippen LogP contribution in [-0.4, -0.2) is 88.0 Å². The molecule has 0 spiro atoms. The molecule has 0 aromatic heterocycles. The Labute approximate surface area is 196 Å². The monoisotopic (exact) mass is 483 g/mol. The number of aliphatic carboxylic acids is 1. The molecule has 3 amide bonds. The second kappa shape index (κ2) is 14.8. The number of phenols is 1. The molecular formula is C21H33N5O8. The van der Waals surface area contributed by atoms with E-state index in [1.54, 1.807) is 12.1 Å². The summed E-state index contributed by atoms with van der Waals surface area (Å²) in [5.74, 6) is -3.85. The van der Waals surface area contributed by atoms with Crippen molar-refractivity contribution in [3.63, 3.8) is 0 Å². The van der Waals surface area contributed by atoms with E-state index in [1.807, 2.05) is 0 Å². The highest BCUT2D eigenvalue weighted by molar-refractivity contribution is 5.94. The van der Waals surface area contributed by atoms with Crippen LogP contribution in [0.1, 0.15) is 24.8 Å². The molecule has 11 N–H and O–H groups in total. The highest BCUT2D eigenvalue weighted by Crippen LogP contribution is 2.11. The number of aliphatic hydroxyl groups is 2. The normalized spacial score (nSPS) is 14.4. The average Bonchev–Trinajstić information content (AvgIpc) is 2.81. The van der Waals surface area contributed by atoms with E-state index in [1.165, 1.54) is 12.1 Å². The summed E-state index contributed by atoms with van der Waals surface area (Å²) in [5, 5.41) is 43.9. The van der Waals surface area contributed by atoms with Gasteiger partial charge < -0.3 is 47.8 Å². The SMILES string of the molecule is NCCCCC(NC(=O)C(CO)NC(=O)C(N)Cc1ccc(O)cc1)C(=O)NC(CO)C(=O)O. The third-order valence-electron chi connectivity index (χ3n) is 4.92. The molecule has 0 radical (unpaired) electrons. The van der Waals surface area contributed by atoms with Gasteiger partial charge in [0.15, 0.2) is 0 Å². The maximum absolute atomic E-state index is 12.6. The number of carboxylic acid groups (broad SMARTS) is 1. The van der Waals surface area contributed by atoms with E-state index < -0.39 is 61.1 Å². The summed E-state index contributed by atoms with van der Waals surface area (Å²) in [5.41, 5.74) is 12.0. The molecule has 0 aliphatic rings. The third-order valence-corrected chi connectivity index (χ3v) is 4.92. The van der Waals surface area contributed by atoms with Crippen LogP contribution in [0.15, 0.2) is 24.3 Å². The molecule has 190 valence electrons. The smallest absolute Gasteiger partial charge is 0.328 e. The lowest BCUT2D eigenvalue weighted by Crippen LogP contribution is -2.58. The fourth-order valence-electron chi connectivity index (χ4n) is 2.94. The molecule has 13 nitrogen and oxygen atoms in total. The number of benzene rings is 1. The molecule has 0 fully saturated rings. The Balaban J connectivity index is 2.79. The van der Waals surface area contributed by atoms with Crippen LogP contribution >= 0.6 is 0 Å². The molecular weight excluding hydrogens is 450 g/mol. The van der Waals surface area contributed by atoms with Crippen molar-refractivity contribution in [1.82, 2.24) is 16.0 Å². The Hall–Kier alpha value is -3.26. The average molecular weight is 484 g/mol. The molecule has 1 rings (SSSR count). The van der Waals surface area contributed by atoms with Crippen molar-refractivity contribution in [3.05, 3.63) is 29.8 Å². The van der Waals surface area contributed by atoms with E-state index in [-0.39, 0.29) is 18.6 Å². The van der Waals surface area contributed by atoms with Gasteiger partial charge in [-0.1, -0.05) is 12.1 Å². The first-order chi connectivity index (χ1) is 16.1. The molecule has 0 saturated carbocycles. The zero-order valence-electron chi connectivity index (χ0n) is 18.6. The number of nitrogens with one attached hydrogen (secondary N) is 3. The standard InChI is InChI=1S/C21H33N5O8/c22-8-2-1-3-15(19(31)26-17(11-28)21(33)34)24-20(32)16(10-27)25-18(30)14(23)9-12-4-6-13(29)7-5-12/h4-7,14-17,27-29H,1-3,8-11,22-23H2,(H,24,32)(H,25,30)(H,26,31)(H,33,34). The van der Waals surface area contributed by atoms with Crippen LogP contribution < -0.4 is 27.4 Å². The van der Waals surface area contributed by atoms with E-state index >= 15 is 0 Å². The van der Waals surface area contributed by atoms with Crippen molar-refractivity contribution in [3.8, 4) is 5.75 Å². The largest absolute Gasteiger partial charge is 0.508 e. The first kappa shape index (κ1) is 28.8. The minimum absolute atomic E-state index is 0.0532. The molecule has 0 aliphatic heterocycles. The van der Waals surface area contributed by atoms with Crippen LogP contribution in [0.4, 0.5) is 0 Å². The van der Waals surface area contributed by atoms with Gasteiger partial charge in [0.2, 0.25) is 17.7 Å². The topological polar surface area (TPSA) is 237 Å². The maximum Gasteiger partial charge on any atom is 0.328 e. The number of nitrogens with two attached hydrogens (primary N) is 2. The first-order valence-electron chi connectivity index (χ1n) is 10.7. The zero-order valence-corrected chi connectivity index (χ0v) is 18.6. The van der Waals surface area contributed by atoms with Crippen LogP contribution in [0.25, 0.3) is 0 Å². The fourth-order valence-corrected chi connectivity index (χ4v) is 2.94. The molecule has 0 saturated heterocycles. The second-order valence-electron chi connectivity index (χ2n) is 7.65. The number of unbranched alkanes of at least 4 members (excludes halogenated alkanes) is 1. The van der Waals surface area contributed by atoms with Gasteiger partial charge in [0.05, 0.1) is 19.3 Å². The number of hydrogen-bond donors (Lipinski definition) is 9. The number of rotatable bonds is 15. The van der Waals surface area contributed by atoms with Crippen molar-refractivity contribution in [2.45, 2.75) is 49.9 Å². The number of carboxylic acids is 1. The number of amides is 3. The first-order valence-corrected chi connectivity index (χ1v) is 10.7. The van der Waals surface area contributed by atoms with Crippen molar-refractivity contribution in [1.29, 1.82) is 0 Å². The lowest BCUT2D eigenvalue weighted by Gasteiger charge is -2.24. The van der Waals surface area contributed by atoms with Crippen molar-refractivity contribution >= 4 is 23.7 Å². The Bertz CT molecular complexity index is 820. The zero-order chi connectivity index (χ0) is 25.7. The van der Waals surface area contributed by atoms with Gasteiger partial charge in [-0.3, -0.25) is 14.4 Å². The van der Waals surface area contributed by atoms with Gasteiger partial charge >= 0.3 is 5.97 Å². The second-order valence-corrected chi connectivity index (χ2v) is 7.65. The van der Waals surface area contributed by atoms with Gasteiger partial charge in [-0.2, -0.15) is 0 Å². The number of aromatic hydroxyl groups is 1. The number of carbonyl (C=O) groups excluding carboxylic acids is 3. The molecule has 4 atom stereocenters. The molecule has 4 unspecified atom stereocenters. The van der Waals surface area contributed by atoms with E-state index in [0.29, 0.717) is 24.9 Å². The van der Waals surface area contributed by atoms with Crippen LogP contribution in [0, 0.1) is 0 Å². The summed E-state index contributed by atoms with van der Waals surface area (Å²) in [4.78, 5) is 48.6. The lowest BCUT2D eigenvalue weighted by molar-refractivity contribution is -0.143. The van der Waals surface area contributed by atoms with E-state index in [2.05, 4.69) is 16.0 Å². The molecule has 34 heavy (non-hydrogen) atoms. The molecule has 0 aliphatic carbocycles. The Kier molecular flexibility index (Phi) is 12.5. The summed E-state index contributed by atoms with van der Waals surface area (Å²) in [6.45, 7) is -1.29. The number of aliphatic hydroxyl groups excluding tert-OH is 2. The fraction of sp³-hybridized carbons (Fsp3) is 0.524. The van der Waals surface area contributed by atoms with Gasteiger partial charge in [0.25, 0.3) is 0 Å². The molecule has 0 heterocycles. The number of phenolic OH excluding ortho intramolecular Hbond substituents is 1. The Morgan fingerprint density at radius 2 is 1.35 bits per heavy atom. The summed E-state index contributed by atoms with van der Waals surface area (Å²) in [6.07, 6.45) is 1.18. The van der Waals surface area contributed by atoms with Crippen LogP contribution in [0.5, 0.6) is 5.75 Å². The van der Waals surface area contributed by atoms with Crippen molar-refractivity contribution in [2.24, 2.45) is 11.5 Å². The Morgan fingerprint density at radius 3 is 1.88 bits per heavy atom. The van der Waals surface area contributed by atoms with Gasteiger partial charge in [-0.25, -0.2) is 4.79 Å². The maximum atomic E-state index is 12.6. The van der Waals surface area contributed by atoms with Crippen LogP contribution in [-0.2, 0) is 25.6 Å². The summed E-state index contributed by atoms with van der Waals surface area (Å²) >= 11 is 0. The van der Waals surface area contributed by atoms with Gasteiger partial charge in [-0.05, 0) is 49.9 Å². The van der Waals surface area contributed by atoms with Crippen molar-refractivity contribution in [2.75, 3.05) is 19.8 Å². The predicted molar refractivity (Wildman–Crippen MR) is 120 cm³/mol. The van der Waals surface area contributed by atoms with Gasteiger partial charge in [-0.15, -0.1) is 0 Å². The quantitative estimate of drug-likeness (QED) is 0.114. The highest BCUT2D eigenvalue weighted by atomic mass is 16.4. The minimum atomic E-state index is -1.56. The van der Waals surface area contributed by atoms with Gasteiger partial charge in [0, 0.05) is 0 Å². The summed E-state index contributed by atoms with van der Waals surface area (Å²) < 4.78 is 0. The molecule has 1 aromatic carbocycles. The summed E-state index contributed by atoms with van der Waals surface area (Å²) in [7, 11) is 0. The summed E-state index contributed by atoms with van der Waals surface area (Å²) in [6, 6.07) is 0.806. The van der Waals surface area contributed by atoms with Crippen LogP contribution in [0.2, 0.25) is 0 Å². The van der Waals surface area contributed by atoms with Gasteiger partial charge in [0.1, 0.15) is 23.9 Å². The highest BCUT2D eigenvalue weighted by Gasteiger charge is 2.29. The van der Waals surface area contributed by atoms with E-state index in [0.717, 1.165) is 0 Å². The molecule has 1 aromatic rings. The van der Waals surface area contributed by atoms with E-state index in [4.69, 9.17) is 21.7 Å². The number of hydrogen-bond acceptors (Lipinski definition) is 9.